The van der Waals surface area contributed by atoms with Crippen molar-refractivity contribution in [3.05, 3.63) is 47.9 Å². The summed E-state index contributed by atoms with van der Waals surface area (Å²) < 4.78 is 14.2. The van der Waals surface area contributed by atoms with Gasteiger partial charge in [-0.25, -0.2) is 4.39 Å². The molecule has 0 radical (unpaired) electrons. The summed E-state index contributed by atoms with van der Waals surface area (Å²) >= 11 is 0. The molecule has 1 atom stereocenters. The van der Waals surface area contributed by atoms with Gasteiger partial charge in [0.2, 0.25) is 0 Å². The number of halogens is 1. The largest absolute Gasteiger partial charge is 0.507 e. The molecule has 0 aliphatic heterocycles. The summed E-state index contributed by atoms with van der Waals surface area (Å²) in [6.07, 6.45) is -0.704. The van der Waals surface area contributed by atoms with Crippen LogP contribution in [0.4, 0.5) is 10.1 Å². The molecule has 2 aromatic carbocycles. The maximum absolute atomic E-state index is 14.2. The van der Waals surface area contributed by atoms with Crippen molar-refractivity contribution in [2.24, 2.45) is 0 Å². The molecular formula is C18H17FN4O3. The summed E-state index contributed by atoms with van der Waals surface area (Å²) in [5.41, 5.74) is 6.50. The van der Waals surface area contributed by atoms with Gasteiger partial charge in [0.1, 0.15) is 23.3 Å². The number of aromatic hydroxyl groups is 1. The third kappa shape index (κ3) is 3.02. The second-order valence-corrected chi connectivity index (χ2v) is 5.70. The van der Waals surface area contributed by atoms with Gasteiger partial charge in [-0.05, 0) is 18.6 Å². The van der Waals surface area contributed by atoms with E-state index in [1.54, 1.807) is 25.1 Å². The average molecular weight is 356 g/mol. The lowest BCUT2D eigenvalue weighted by Gasteiger charge is -2.13. The van der Waals surface area contributed by atoms with Crippen LogP contribution in [-0.2, 0) is 0 Å². The minimum absolute atomic E-state index is 0.0228. The Morgan fingerprint density at radius 2 is 2.00 bits per heavy atom. The van der Waals surface area contributed by atoms with Crippen LogP contribution < -0.4 is 11.1 Å². The maximum atomic E-state index is 14.2. The number of nitrogens with zero attached hydrogens (tertiary/aromatic N) is 2. The minimum atomic E-state index is -1.03. The highest BCUT2D eigenvalue weighted by atomic mass is 19.1. The summed E-state index contributed by atoms with van der Waals surface area (Å²) in [7, 11) is 0. The highest BCUT2D eigenvalue weighted by molar-refractivity contribution is 6.07. The van der Waals surface area contributed by atoms with Crippen LogP contribution in [0.15, 0.2) is 36.4 Å². The molecule has 0 saturated carbocycles. The first kappa shape index (κ1) is 17.6. The number of aliphatic hydroxyl groups excluding tert-OH is 1. The van der Waals surface area contributed by atoms with E-state index in [2.05, 4.69) is 15.5 Å². The SMILES string of the molecule is CCC(O)NC(=O)c1nnc2c(-c3c(O)cccc3F)cccc2c1N. The molecule has 0 aliphatic rings. The van der Waals surface area contributed by atoms with E-state index in [4.69, 9.17) is 5.73 Å². The number of phenols is 1. The van der Waals surface area contributed by atoms with E-state index >= 15 is 0 Å². The van der Waals surface area contributed by atoms with Crippen molar-refractivity contribution in [2.75, 3.05) is 5.73 Å². The number of rotatable bonds is 4. The Hall–Kier alpha value is -3.26. The van der Waals surface area contributed by atoms with Gasteiger partial charge in [0, 0.05) is 10.9 Å². The molecule has 7 nitrogen and oxygen atoms in total. The second-order valence-electron chi connectivity index (χ2n) is 5.70. The van der Waals surface area contributed by atoms with Gasteiger partial charge in [-0.15, -0.1) is 10.2 Å². The molecule has 26 heavy (non-hydrogen) atoms. The van der Waals surface area contributed by atoms with Crippen molar-refractivity contribution in [1.29, 1.82) is 0 Å². The second kappa shape index (κ2) is 6.93. The third-order valence-corrected chi connectivity index (χ3v) is 3.99. The first-order valence-electron chi connectivity index (χ1n) is 7.95. The Morgan fingerprint density at radius 3 is 2.69 bits per heavy atom. The summed E-state index contributed by atoms with van der Waals surface area (Å²) in [6, 6.07) is 8.79. The molecule has 0 spiro atoms. The molecule has 1 heterocycles. The quantitative estimate of drug-likeness (QED) is 0.532. The Balaban J connectivity index is 2.16. The average Bonchev–Trinajstić information content (AvgIpc) is 2.62. The zero-order chi connectivity index (χ0) is 18.8. The van der Waals surface area contributed by atoms with Crippen LogP contribution in [0, 0.1) is 5.82 Å². The predicted molar refractivity (Wildman–Crippen MR) is 94.8 cm³/mol. The molecule has 1 unspecified atom stereocenters. The highest BCUT2D eigenvalue weighted by Crippen LogP contribution is 2.36. The van der Waals surface area contributed by atoms with Crippen molar-refractivity contribution in [2.45, 2.75) is 19.6 Å². The number of fused-ring (bicyclic) bond motifs is 1. The molecule has 5 N–H and O–H groups in total. The van der Waals surface area contributed by atoms with Gasteiger partial charge in [0.15, 0.2) is 5.69 Å². The van der Waals surface area contributed by atoms with E-state index in [-0.39, 0.29) is 28.2 Å². The lowest BCUT2D eigenvalue weighted by molar-refractivity contribution is 0.0771. The number of carbonyl (C=O) groups excluding carboxylic acids is 1. The Kier molecular flexibility index (Phi) is 4.68. The maximum Gasteiger partial charge on any atom is 0.275 e. The van der Waals surface area contributed by atoms with E-state index in [1.807, 2.05) is 0 Å². The zero-order valence-corrected chi connectivity index (χ0v) is 13.9. The number of nitrogen functional groups attached to an aromatic ring is 1. The van der Waals surface area contributed by atoms with E-state index in [9.17, 15) is 19.4 Å². The van der Waals surface area contributed by atoms with Crippen LogP contribution in [0.3, 0.4) is 0 Å². The standard InChI is InChI=1S/C18H17FN4O3/c1-2-13(25)21-18(26)17-15(20)10-6-3-5-9(16(10)22-23-17)14-11(19)7-4-8-12(14)24/h3-8,13,24-25H,2H2,1H3,(H2,20,22)(H,21,26). The molecule has 8 heteroatoms. The summed E-state index contributed by atoms with van der Waals surface area (Å²) in [4.78, 5) is 12.2. The lowest BCUT2D eigenvalue weighted by atomic mass is 10.00. The number of hydrogen-bond acceptors (Lipinski definition) is 6. The summed E-state index contributed by atoms with van der Waals surface area (Å²) in [6.45, 7) is 1.70. The monoisotopic (exact) mass is 356 g/mol. The van der Waals surface area contributed by atoms with Gasteiger partial charge in [-0.3, -0.25) is 4.79 Å². The fourth-order valence-electron chi connectivity index (χ4n) is 2.62. The van der Waals surface area contributed by atoms with E-state index in [1.165, 1.54) is 18.2 Å². The normalized spacial score (nSPS) is 12.1. The molecular weight excluding hydrogens is 339 g/mol. The van der Waals surface area contributed by atoms with Crippen molar-refractivity contribution in [1.82, 2.24) is 15.5 Å². The molecule has 0 saturated heterocycles. The van der Waals surface area contributed by atoms with Crippen LogP contribution in [0.25, 0.3) is 22.0 Å². The molecule has 0 bridgehead atoms. The smallest absolute Gasteiger partial charge is 0.275 e. The molecule has 134 valence electrons. The van der Waals surface area contributed by atoms with Crippen LogP contribution in [0.2, 0.25) is 0 Å². The number of nitrogens with two attached hydrogens (primary N) is 1. The van der Waals surface area contributed by atoms with Crippen LogP contribution in [0.1, 0.15) is 23.8 Å². The number of nitrogens with one attached hydrogen (secondary N) is 1. The first-order valence-corrected chi connectivity index (χ1v) is 7.95. The number of benzene rings is 2. The van der Waals surface area contributed by atoms with Gasteiger partial charge in [0.25, 0.3) is 5.91 Å². The number of anilines is 1. The van der Waals surface area contributed by atoms with Gasteiger partial charge >= 0.3 is 0 Å². The minimum Gasteiger partial charge on any atom is -0.507 e. The number of phenolic OH excluding ortho intramolecular Hbond substituents is 1. The lowest BCUT2D eigenvalue weighted by Crippen LogP contribution is -2.35. The molecule has 1 aromatic heterocycles. The number of hydrogen-bond donors (Lipinski definition) is 4. The van der Waals surface area contributed by atoms with Gasteiger partial charge in [-0.1, -0.05) is 31.2 Å². The third-order valence-electron chi connectivity index (χ3n) is 3.99. The summed E-state index contributed by atoms with van der Waals surface area (Å²) in [5, 5.41) is 30.2. The van der Waals surface area contributed by atoms with E-state index in [0.29, 0.717) is 17.4 Å². The highest BCUT2D eigenvalue weighted by Gasteiger charge is 2.20. The number of aliphatic hydroxyl groups is 1. The van der Waals surface area contributed by atoms with Crippen LogP contribution in [0.5, 0.6) is 5.75 Å². The zero-order valence-electron chi connectivity index (χ0n) is 13.9. The predicted octanol–water partition coefficient (Wildman–Crippen LogP) is 2.18. The van der Waals surface area contributed by atoms with Gasteiger partial charge < -0.3 is 21.3 Å². The first-order chi connectivity index (χ1) is 12.4. The van der Waals surface area contributed by atoms with Gasteiger partial charge in [0.05, 0.1) is 11.3 Å². The number of aromatic nitrogens is 2. The van der Waals surface area contributed by atoms with Crippen molar-refractivity contribution >= 4 is 22.5 Å². The molecule has 0 aliphatic carbocycles. The molecule has 0 fully saturated rings. The molecule has 3 rings (SSSR count). The number of carbonyl (C=O) groups is 1. The van der Waals surface area contributed by atoms with E-state index in [0.717, 1.165) is 0 Å². The fourth-order valence-corrected chi connectivity index (χ4v) is 2.62. The Bertz CT molecular complexity index is 973. The Labute approximate surface area is 148 Å². The van der Waals surface area contributed by atoms with Crippen molar-refractivity contribution in [3.63, 3.8) is 0 Å². The van der Waals surface area contributed by atoms with Gasteiger partial charge in [-0.2, -0.15) is 0 Å². The van der Waals surface area contributed by atoms with E-state index < -0.39 is 18.0 Å². The fraction of sp³-hybridized carbons (Fsp3) is 0.167. The number of amides is 1. The summed E-state index contributed by atoms with van der Waals surface area (Å²) in [5.74, 6) is -1.53. The van der Waals surface area contributed by atoms with Crippen LogP contribution in [-0.4, -0.2) is 32.5 Å². The van der Waals surface area contributed by atoms with Crippen molar-refractivity contribution in [3.8, 4) is 16.9 Å². The molecule has 1 amide bonds. The van der Waals surface area contributed by atoms with Crippen LogP contribution >= 0.6 is 0 Å². The molecule has 3 aromatic rings. The van der Waals surface area contributed by atoms with Crippen molar-refractivity contribution < 1.29 is 19.4 Å². The topological polar surface area (TPSA) is 121 Å². The Morgan fingerprint density at radius 1 is 1.27 bits per heavy atom.